The standard InChI is InChI=1S/C12H20N2O.ClH/c1-9-8-10(5-6-12(9)15)11(14)4-2-3-7-13;/h5-6,8,11,15H,2-4,7,13-14H2,1H3;1H/t11-;/m1./s1. The highest BCUT2D eigenvalue weighted by Gasteiger charge is 2.06. The summed E-state index contributed by atoms with van der Waals surface area (Å²) in [6, 6.07) is 5.58. The van der Waals surface area contributed by atoms with Crippen molar-refractivity contribution >= 4 is 12.4 Å². The first-order valence-corrected chi connectivity index (χ1v) is 5.40. The molecule has 0 aliphatic rings. The van der Waals surface area contributed by atoms with E-state index in [1.807, 2.05) is 19.1 Å². The van der Waals surface area contributed by atoms with E-state index in [0.717, 1.165) is 36.9 Å². The molecule has 0 aromatic heterocycles. The lowest BCUT2D eigenvalue weighted by atomic mass is 10.00. The first kappa shape index (κ1) is 15.2. The molecule has 1 aromatic carbocycles. The van der Waals surface area contributed by atoms with Gasteiger partial charge in [-0.3, -0.25) is 0 Å². The van der Waals surface area contributed by atoms with Crippen molar-refractivity contribution in [2.45, 2.75) is 32.2 Å². The van der Waals surface area contributed by atoms with Crippen LogP contribution in [0.2, 0.25) is 0 Å². The van der Waals surface area contributed by atoms with Crippen LogP contribution in [0.5, 0.6) is 5.75 Å². The van der Waals surface area contributed by atoms with Crippen LogP contribution in [0.25, 0.3) is 0 Å². The Bertz CT molecular complexity index is 318. The van der Waals surface area contributed by atoms with E-state index in [1.54, 1.807) is 6.07 Å². The van der Waals surface area contributed by atoms with E-state index in [4.69, 9.17) is 11.5 Å². The van der Waals surface area contributed by atoms with Gasteiger partial charge in [-0.15, -0.1) is 12.4 Å². The lowest BCUT2D eigenvalue weighted by molar-refractivity contribution is 0.470. The summed E-state index contributed by atoms with van der Waals surface area (Å²) in [6.07, 6.45) is 3.02. The predicted octanol–water partition coefficient (Wildman–Crippen LogP) is 2.25. The number of phenols is 1. The number of aryl methyl sites for hydroxylation is 1. The zero-order valence-electron chi connectivity index (χ0n) is 9.65. The Labute approximate surface area is 103 Å². The zero-order chi connectivity index (χ0) is 11.3. The van der Waals surface area contributed by atoms with Crippen LogP contribution in [0.15, 0.2) is 18.2 Å². The van der Waals surface area contributed by atoms with Crippen LogP contribution in [0.3, 0.4) is 0 Å². The maximum absolute atomic E-state index is 9.38. The molecule has 1 aromatic rings. The smallest absolute Gasteiger partial charge is 0.118 e. The SMILES string of the molecule is Cc1cc([C@H](N)CCCCN)ccc1O.Cl. The van der Waals surface area contributed by atoms with Gasteiger partial charge < -0.3 is 16.6 Å². The third kappa shape index (κ3) is 4.39. The lowest BCUT2D eigenvalue weighted by Gasteiger charge is -2.12. The first-order valence-electron chi connectivity index (χ1n) is 5.40. The number of aromatic hydroxyl groups is 1. The monoisotopic (exact) mass is 244 g/mol. The third-order valence-corrected chi connectivity index (χ3v) is 2.62. The Hall–Kier alpha value is -0.770. The van der Waals surface area contributed by atoms with Gasteiger partial charge in [0.15, 0.2) is 0 Å². The zero-order valence-corrected chi connectivity index (χ0v) is 10.5. The van der Waals surface area contributed by atoms with Crippen LogP contribution in [-0.2, 0) is 0 Å². The number of phenolic OH excluding ortho intramolecular Hbond substituents is 1. The average Bonchev–Trinajstić information content (AvgIpc) is 2.22. The molecule has 0 saturated carbocycles. The minimum atomic E-state index is 0. The first-order chi connectivity index (χ1) is 7.15. The normalized spacial score (nSPS) is 11.9. The Morgan fingerprint density at radius 1 is 1.31 bits per heavy atom. The summed E-state index contributed by atoms with van der Waals surface area (Å²) in [5.41, 5.74) is 13.4. The van der Waals surface area contributed by atoms with E-state index < -0.39 is 0 Å². The largest absolute Gasteiger partial charge is 0.508 e. The van der Waals surface area contributed by atoms with Crippen LogP contribution in [0.1, 0.15) is 36.4 Å². The molecule has 0 fully saturated rings. The van der Waals surface area contributed by atoms with Gasteiger partial charge in [0.25, 0.3) is 0 Å². The van der Waals surface area contributed by atoms with E-state index in [0.29, 0.717) is 5.75 Å². The van der Waals surface area contributed by atoms with Gasteiger partial charge in [-0.25, -0.2) is 0 Å². The third-order valence-electron chi connectivity index (χ3n) is 2.62. The summed E-state index contributed by atoms with van der Waals surface area (Å²) in [6.45, 7) is 2.60. The summed E-state index contributed by atoms with van der Waals surface area (Å²) >= 11 is 0. The Morgan fingerprint density at radius 3 is 2.56 bits per heavy atom. The molecule has 0 aliphatic heterocycles. The van der Waals surface area contributed by atoms with E-state index in [1.165, 1.54) is 0 Å². The highest BCUT2D eigenvalue weighted by atomic mass is 35.5. The van der Waals surface area contributed by atoms with Crippen molar-refractivity contribution in [2.24, 2.45) is 11.5 Å². The molecule has 92 valence electrons. The Kier molecular flexibility index (Phi) is 7.13. The molecule has 0 radical (unpaired) electrons. The van der Waals surface area contributed by atoms with Gasteiger partial charge in [0.2, 0.25) is 0 Å². The van der Waals surface area contributed by atoms with Crippen LogP contribution in [0.4, 0.5) is 0 Å². The second-order valence-electron chi connectivity index (χ2n) is 3.94. The topological polar surface area (TPSA) is 72.3 Å². The van der Waals surface area contributed by atoms with Gasteiger partial charge in [0, 0.05) is 6.04 Å². The van der Waals surface area contributed by atoms with Crippen molar-refractivity contribution in [1.29, 1.82) is 0 Å². The summed E-state index contributed by atoms with van der Waals surface area (Å²) in [7, 11) is 0. The maximum Gasteiger partial charge on any atom is 0.118 e. The minimum absolute atomic E-state index is 0. The van der Waals surface area contributed by atoms with E-state index in [9.17, 15) is 5.11 Å². The highest BCUT2D eigenvalue weighted by molar-refractivity contribution is 5.85. The van der Waals surface area contributed by atoms with Crippen molar-refractivity contribution in [3.63, 3.8) is 0 Å². The average molecular weight is 245 g/mol. The molecule has 4 heteroatoms. The van der Waals surface area contributed by atoms with Crippen molar-refractivity contribution in [2.75, 3.05) is 6.54 Å². The molecule has 1 atom stereocenters. The quantitative estimate of drug-likeness (QED) is 0.696. The second kappa shape index (κ2) is 7.49. The van der Waals surface area contributed by atoms with Crippen molar-refractivity contribution in [3.8, 4) is 5.75 Å². The fraction of sp³-hybridized carbons (Fsp3) is 0.500. The van der Waals surface area contributed by atoms with Crippen LogP contribution >= 0.6 is 12.4 Å². The molecule has 0 amide bonds. The molecule has 16 heavy (non-hydrogen) atoms. The molecular weight excluding hydrogens is 224 g/mol. The summed E-state index contributed by atoms with van der Waals surface area (Å²) < 4.78 is 0. The van der Waals surface area contributed by atoms with Gasteiger partial charge >= 0.3 is 0 Å². The van der Waals surface area contributed by atoms with Crippen LogP contribution in [-0.4, -0.2) is 11.7 Å². The molecule has 0 aliphatic carbocycles. The molecule has 0 unspecified atom stereocenters. The van der Waals surface area contributed by atoms with E-state index >= 15 is 0 Å². The Morgan fingerprint density at radius 2 is 2.00 bits per heavy atom. The van der Waals surface area contributed by atoms with Crippen molar-refractivity contribution in [1.82, 2.24) is 0 Å². The molecular formula is C12H21ClN2O. The predicted molar refractivity (Wildman–Crippen MR) is 69.9 cm³/mol. The number of hydrogen-bond acceptors (Lipinski definition) is 3. The number of halogens is 1. The molecule has 0 spiro atoms. The minimum Gasteiger partial charge on any atom is -0.508 e. The van der Waals surface area contributed by atoms with Gasteiger partial charge in [0.05, 0.1) is 0 Å². The number of benzene rings is 1. The van der Waals surface area contributed by atoms with Gasteiger partial charge in [-0.1, -0.05) is 18.6 Å². The fourth-order valence-electron chi connectivity index (χ4n) is 1.58. The number of rotatable bonds is 5. The van der Waals surface area contributed by atoms with Gasteiger partial charge in [0.1, 0.15) is 5.75 Å². The number of nitrogens with two attached hydrogens (primary N) is 2. The van der Waals surface area contributed by atoms with Crippen LogP contribution < -0.4 is 11.5 Å². The maximum atomic E-state index is 9.38. The highest BCUT2D eigenvalue weighted by Crippen LogP contribution is 2.22. The lowest BCUT2D eigenvalue weighted by Crippen LogP contribution is -2.11. The number of hydrogen-bond donors (Lipinski definition) is 3. The van der Waals surface area contributed by atoms with E-state index in [2.05, 4.69) is 0 Å². The fourth-order valence-corrected chi connectivity index (χ4v) is 1.58. The molecule has 0 saturated heterocycles. The summed E-state index contributed by atoms with van der Waals surface area (Å²) in [5, 5.41) is 9.38. The van der Waals surface area contributed by atoms with E-state index in [-0.39, 0.29) is 18.4 Å². The summed E-state index contributed by atoms with van der Waals surface area (Å²) in [5.74, 6) is 0.327. The van der Waals surface area contributed by atoms with Crippen molar-refractivity contribution in [3.05, 3.63) is 29.3 Å². The van der Waals surface area contributed by atoms with Crippen LogP contribution in [0, 0.1) is 6.92 Å². The van der Waals surface area contributed by atoms with Crippen molar-refractivity contribution < 1.29 is 5.11 Å². The molecule has 5 N–H and O–H groups in total. The molecule has 0 heterocycles. The van der Waals surface area contributed by atoms with Gasteiger partial charge in [-0.2, -0.15) is 0 Å². The molecule has 0 bridgehead atoms. The van der Waals surface area contributed by atoms with Gasteiger partial charge in [-0.05, 0) is 43.5 Å². The molecule has 1 rings (SSSR count). The second-order valence-corrected chi connectivity index (χ2v) is 3.94. The molecule has 3 nitrogen and oxygen atoms in total. The number of unbranched alkanes of at least 4 members (excludes halogenated alkanes) is 1. The Balaban J connectivity index is 0.00000225. The summed E-state index contributed by atoms with van der Waals surface area (Å²) in [4.78, 5) is 0.